The predicted octanol–water partition coefficient (Wildman–Crippen LogP) is 2.18. The number of hydrogen-bond acceptors (Lipinski definition) is 5. The van der Waals surface area contributed by atoms with Crippen LogP contribution in [0.25, 0.3) is 0 Å². The molecule has 1 atom stereocenters. The Balaban J connectivity index is 2.63. The van der Waals surface area contributed by atoms with E-state index in [4.69, 9.17) is 14.3 Å². The van der Waals surface area contributed by atoms with Gasteiger partial charge in [-0.1, -0.05) is 0 Å². The number of nitrogens with one attached hydrogen (secondary N) is 1. The lowest BCUT2D eigenvalue weighted by Gasteiger charge is -2.14. The highest BCUT2D eigenvalue weighted by molar-refractivity contribution is 9.10. The lowest BCUT2D eigenvalue weighted by atomic mass is 10.3. The van der Waals surface area contributed by atoms with Gasteiger partial charge in [0, 0.05) is 13.7 Å². The lowest BCUT2D eigenvalue weighted by molar-refractivity contribution is -0.0216. The molecule has 1 unspecified atom stereocenters. The van der Waals surface area contributed by atoms with Crippen molar-refractivity contribution in [2.75, 3.05) is 27.4 Å². The first-order chi connectivity index (χ1) is 9.62. The number of aromatic nitrogens is 1. The van der Waals surface area contributed by atoms with E-state index >= 15 is 0 Å². The summed E-state index contributed by atoms with van der Waals surface area (Å²) >= 11 is 3.36. The molecule has 112 valence electrons. The van der Waals surface area contributed by atoms with Crippen LogP contribution >= 0.6 is 15.9 Å². The molecule has 0 spiro atoms. The van der Waals surface area contributed by atoms with Crippen molar-refractivity contribution >= 4 is 21.8 Å². The molecule has 0 aliphatic rings. The molecule has 1 heterocycles. The van der Waals surface area contributed by atoms with Crippen LogP contribution in [0.2, 0.25) is 0 Å². The van der Waals surface area contributed by atoms with Gasteiger partial charge >= 0.3 is 0 Å². The molecule has 1 aromatic heterocycles. The van der Waals surface area contributed by atoms with Crippen molar-refractivity contribution in [2.24, 2.45) is 4.99 Å². The molecule has 0 amide bonds. The SMILES string of the molecule is CCOC(C)CONC(=NC)c1ccc(Br)c(OC)n1. The molecule has 7 heteroatoms. The molecule has 1 N–H and O–H groups in total. The summed E-state index contributed by atoms with van der Waals surface area (Å²) in [6, 6.07) is 3.66. The molecule has 0 radical (unpaired) electrons. The van der Waals surface area contributed by atoms with Gasteiger partial charge in [0.2, 0.25) is 5.88 Å². The highest BCUT2D eigenvalue weighted by Crippen LogP contribution is 2.21. The number of methoxy groups -OCH3 is 1. The molecular weight excluding hydrogens is 326 g/mol. The first-order valence-electron chi connectivity index (χ1n) is 6.29. The summed E-state index contributed by atoms with van der Waals surface area (Å²) in [5.41, 5.74) is 3.42. The molecule has 0 saturated heterocycles. The van der Waals surface area contributed by atoms with Gasteiger partial charge in [0.25, 0.3) is 0 Å². The van der Waals surface area contributed by atoms with Crippen LogP contribution in [0.1, 0.15) is 19.5 Å². The van der Waals surface area contributed by atoms with E-state index in [1.54, 1.807) is 14.2 Å². The third-order valence-corrected chi connectivity index (χ3v) is 3.02. The van der Waals surface area contributed by atoms with Crippen molar-refractivity contribution in [3.63, 3.8) is 0 Å². The van der Waals surface area contributed by atoms with E-state index in [-0.39, 0.29) is 6.10 Å². The second-order valence-corrected chi connectivity index (χ2v) is 4.79. The Morgan fingerprint density at radius 3 is 2.85 bits per heavy atom. The molecule has 1 rings (SSSR count). The van der Waals surface area contributed by atoms with Gasteiger partial charge in [-0.2, -0.15) is 0 Å². The quantitative estimate of drug-likeness (QED) is 0.466. The number of halogens is 1. The van der Waals surface area contributed by atoms with E-state index in [0.29, 0.717) is 30.6 Å². The van der Waals surface area contributed by atoms with Gasteiger partial charge in [-0.3, -0.25) is 9.83 Å². The van der Waals surface area contributed by atoms with Crippen LogP contribution in [-0.2, 0) is 9.57 Å². The third-order valence-electron chi connectivity index (χ3n) is 2.41. The van der Waals surface area contributed by atoms with Crippen LogP contribution in [0.15, 0.2) is 21.6 Å². The van der Waals surface area contributed by atoms with Crippen molar-refractivity contribution in [1.29, 1.82) is 0 Å². The summed E-state index contributed by atoms with van der Waals surface area (Å²) in [7, 11) is 3.22. The normalized spacial score (nSPS) is 13.2. The highest BCUT2D eigenvalue weighted by Gasteiger charge is 2.10. The predicted molar refractivity (Wildman–Crippen MR) is 81.1 cm³/mol. The molecule has 20 heavy (non-hydrogen) atoms. The van der Waals surface area contributed by atoms with Crippen LogP contribution in [-0.4, -0.2) is 44.3 Å². The zero-order chi connectivity index (χ0) is 15.0. The summed E-state index contributed by atoms with van der Waals surface area (Å²) in [6.45, 7) is 4.96. The summed E-state index contributed by atoms with van der Waals surface area (Å²) in [5.74, 6) is 1.02. The molecule has 0 fully saturated rings. The van der Waals surface area contributed by atoms with Crippen LogP contribution in [0, 0.1) is 0 Å². The van der Waals surface area contributed by atoms with Crippen molar-refractivity contribution in [2.45, 2.75) is 20.0 Å². The van der Waals surface area contributed by atoms with E-state index < -0.39 is 0 Å². The van der Waals surface area contributed by atoms with Crippen molar-refractivity contribution in [3.05, 3.63) is 22.3 Å². The minimum absolute atomic E-state index is 0.0121. The van der Waals surface area contributed by atoms with Crippen LogP contribution in [0.5, 0.6) is 5.88 Å². The fourth-order valence-corrected chi connectivity index (χ4v) is 1.85. The van der Waals surface area contributed by atoms with Gasteiger partial charge in [0.05, 0.1) is 17.7 Å². The van der Waals surface area contributed by atoms with Gasteiger partial charge in [-0.25, -0.2) is 10.5 Å². The minimum atomic E-state index is 0.0121. The summed E-state index contributed by atoms with van der Waals surface area (Å²) in [5, 5.41) is 0. The average molecular weight is 346 g/mol. The van der Waals surface area contributed by atoms with E-state index in [1.165, 1.54) is 0 Å². The number of aliphatic imine (C=N–C) groups is 1. The minimum Gasteiger partial charge on any atom is -0.480 e. The first-order valence-corrected chi connectivity index (χ1v) is 7.08. The molecule has 1 aromatic rings. The Morgan fingerprint density at radius 2 is 2.25 bits per heavy atom. The number of amidine groups is 1. The van der Waals surface area contributed by atoms with Gasteiger partial charge in [0.15, 0.2) is 5.84 Å². The monoisotopic (exact) mass is 345 g/mol. The smallest absolute Gasteiger partial charge is 0.228 e. The maximum Gasteiger partial charge on any atom is 0.228 e. The molecule has 0 saturated carbocycles. The fourth-order valence-electron chi connectivity index (χ4n) is 1.47. The lowest BCUT2D eigenvalue weighted by Crippen LogP contribution is -2.29. The van der Waals surface area contributed by atoms with Crippen LogP contribution in [0.4, 0.5) is 0 Å². The standard InChI is InChI=1S/C13H20BrN3O3/c1-5-19-9(2)8-20-17-12(15-3)11-7-6-10(14)13(16-11)18-4/h6-7,9H,5,8H2,1-4H3,(H,15,17). The Labute approximate surface area is 127 Å². The Bertz CT molecular complexity index is 454. The molecule has 0 aliphatic carbocycles. The second kappa shape index (κ2) is 8.89. The Kier molecular flexibility index (Phi) is 7.50. The van der Waals surface area contributed by atoms with Gasteiger partial charge in [-0.05, 0) is 41.9 Å². The van der Waals surface area contributed by atoms with Gasteiger partial charge < -0.3 is 9.47 Å². The first kappa shape index (κ1) is 16.9. The topological polar surface area (TPSA) is 65.0 Å². The largest absolute Gasteiger partial charge is 0.480 e. The zero-order valence-electron chi connectivity index (χ0n) is 12.1. The zero-order valence-corrected chi connectivity index (χ0v) is 13.7. The van der Waals surface area contributed by atoms with E-state index in [2.05, 4.69) is 31.4 Å². The fraction of sp³-hybridized carbons (Fsp3) is 0.538. The Hall–Kier alpha value is -1.18. The maximum absolute atomic E-state index is 5.37. The van der Waals surface area contributed by atoms with E-state index in [9.17, 15) is 0 Å². The summed E-state index contributed by atoms with van der Waals surface area (Å²) in [6.07, 6.45) is 0.0121. The number of hydrogen-bond donors (Lipinski definition) is 1. The van der Waals surface area contributed by atoms with Crippen molar-refractivity contribution < 1.29 is 14.3 Å². The van der Waals surface area contributed by atoms with Crippen molar-refractivity contribution in [3.8, 4) is 5.88 Å². The van der Waals surface area contributed by atoms with Gasteiger partial charge in [0.1, 0.15) is 12.3 Å². The Morgan fingerprint density at radius 1 is 1.50 bits per heavy atom. The van der Waals surface area contributed by atoms with Crippen LogP contribution < -0.4 is 10.2 Å². The molecule has 0 bridgehead atoms. The number of hydroxylamine groups is 1. The van der Waals surface area contributed by atoms with E-state index in [0.717, 1.165) is 4.47 Å². The maximum atomic E-state index is 5.37. The third kappa shape index (κ3) is 5.07. The number of pyridine rings is 1. The molecule has 6 nitrogen and oxygen atoms in total. The summed E-state index contributed by atoms with van der Waals surface area (Å²) in [4.78, 5) is 13.8. The number of nitrogens with zero attached hydrogens (tertiary/aromatic N) is 2. The second-order valence-electron chi connectivity index (χ2n) is 3.94. The van der Waals surface area contributed by atoms with Gasteiger partial charge in [-0.15, -0.1) is 0 Å². The number of ether oxygens (including phenoxy) is 2. The average Bonchev–Trinajstić information content (AvgIpc) is 2.45. The molecular formula is C13H20BrN3O3. The summed E-state index contributed by atoms with van der Waals surface area (Å²) < 4.78 is 11.3. The highest BCUT2D eigenvalue weighted by atomic mass is 79.9. The number of rotatable bonds is 7. The van der Waals surface area contributed by atoms with Crippen LogP contribution in [0.3, 0.4) is 0 Å². The van der Waals surface area contributed by atoms with E-state index in [1.807, 2.05) is 26.0 Å². The van der Waals surface area contributed by atoms with Crippen molar-refractivity contribution in [1.82, 2.24) is 10.5 Å². The molecule has 0 aromatic carbocycles. The molecule has 0 aliphatic heterocycles.